The van der Waals surface area contributed by atoms with Gasteiger partial charge >= 0.3 is 5.97 Å². The summed E-state index contributed by atoms with van der Waals surface area (Å²) >= 11 is 1.29. The van der Waals surface area contributed by atoms with Crippen LogP contribution in [0.25, 0.3) is 0 Å². The van der Waals surface area contributed by atoms with E-state index >= 15 is 0 Å². The lowest BCUT2D eigenvalue weighted by Gasteiger charge is -2.02. The highest BCUT2D eigenvalue weighted by atomic mass is 32.1. The highest BCUT2D eigenvalue weighted by Gasteiger charge is 2.16. The van der Waals surface area contributed by atoms with Crippen molar-refractivity contribution < 1.29 is 9.53 Å². The zero-order chi connectivity index (χ0) is 9.14. The van der Waals surface area contributed by atoms with Gasteiger partial charge in [-0.1, -0.05) is 13.8 Å². The fourth-order valence-electron chi connectivity index (χ4n) is 0.924. The maximum atomic E-state index is 11.1. The molecule has 0 atom stereocenters. The van der Waals surface area contributed by atoms with Crippen LogP contribution < -0.4 is 0 Å². The summed E-state index contributed by atoms with van der Waals surface area (Å²) in [6, 6.07) is 0. The fourth-order valence-corrected chi connectivity index (χ4v) is 1.72. The maximum Gasteiger partial charge on any atom is 0.340 e. The summed E-state index contributed by atoms with van der Waals surface area (Å²) in [4.78, 5) is 11.1. The van der Waals surface area contributed by atoms with Gasteiger partial charge in [-0.05, 0) is 17.5 Å². The van der Waals surface area contributed by atoms with E-state index in [0.717, 1.165) is 5.69 Å². The number of aromatic nitrogens is 1. The summed E-state index contributed by atoms with van der Waals surface area (Å²) in [6.07, 6.45) is 0. The molecule has 0 N–H and O–H groups in total. The molecule has 66 valence electrons. The van der Waals surface area contributed by atoms with E-state index in [0.29, 0.717) is 5.56 Å². The number of rotatable bonds is 2. The summed E-state index contributed by atoms with van der Waals surface area (Å²) < 4.78 is 8.74. The van der Waals surface area contributed by atoms with Gasteiger partial charge in [0.15, 0.2) is 0 Å². The fraction of sp³-hybridized carbons (Fsp3) is 0.500. The molecule has 0 spiro atoms. The average molecular weight is 185 g/mol. The van der Waals surface area contributed by atoms with Crippen molar-refractivity contribution in [2.45, 2.75) is 19.8 Å². The number of carbonyl (C=O) groups is 1. The van der Waals surface area contributed by atoms with Crippen LogP contribution >= 0.6 is 11.5 Å². The van der Waals surface area contributed by atoms with Crippen LogP contribution in [-0.4, -0.2) is 17.5 Å². The minimum atomic E-state index is -0.299. The highest BCUT2D eigenvalue weighted by molar-refractivity contribution is 7.03. The number of nitrogens with zero attached hydrogens (tertiary/aromatic N) is 1. The predicted octanol–water partition coefficient (Wildman–Crippen LogP) is 2.05. The standard InChI is InChI=1S/C8H11NO2S/c1-5(2)7-6(4-12-9-7)8(10)11-3/h4-5H,1-3H3. The van der Waals surface area contributed by atoms with Gasteiger partial charge in [0, 0.05) is 5.38 Å². The number of hydrogen-bond donors (Lipinski definition) is 0. The van der Waals surface area contributed by atoms with Gasteiger partial charge in [-0.25, -0.2) is 4.79 Å². The van der Waals surface area contributed by atoms with Crippen molar-refractivity contribution in [3.63, 3.8) is 0 Å². The minimum absolute atomic E-state index is 0.269. The number of carbonyl (C=O) groups excluding carboxylic acids is 1. The van der Waals surface area contributed by atoms with Gasteiger partial charge in [-0.3, -0.25) is 0 Å². The largest absolute Gasteiger partial charge is 0.465 e. The monoisotopic (exact) mass is 185 g/mol. The second kappa shape index (κ2) is 3.67. The molecule has 1 rings (SSSR count). The second-order valence-corrected chi connectivity index (χ2v) is 3.39. The van der Waals surface area contributed by atoms with Crippen molar-refractivity contribution in [2.75, 3.05) is 7.11 Å². The molecule has 0 aliphatic heterocycles. The number of methoxy groups -OCH3 is 1. The molecular weight excluding hydrogens is 174 g/mol. The van der Waals surface area contributed by atoms with E-state index in [2.05, 4.69) is 9.11 Å². The molecular formula is C8H11NO2S. The first kappa shape index (κ1) is 9.19. The molecule has 1 aromatic heterocycles. The zero-order valence-electron chi connectivity index (χ0n) is 7.33. The lowest BCUT2D eigenvalue weighted by atomic mass is 10.1. The smallest absolute Gasteiger partial charge is 0.340 e. The first-order valence-electron chi connectivity index (χ1n) is 3.69. The minimum Gasteiger partial charge on any atom is -0.465 e. The molecule has 0 amide bonds. The van der Waals surface area contributed by atoms with Gasteiger partial charge in [0.1, 0.15) is 0 Å². The molecule has 12 heavy (non-hydrogen) atoms. The van der Waals surface area contributed by atoms with Gasteiger partial charge in [0.25, 0.3) is 0 Å². The first-order valence-corrected chi connectivity index (χ1v) is 4.53. The van der Waals surface area contributed by atoms with Crippen LogP contribution in [0.1, 0.15) is 35.8 Å². The first-order chi connectivity index (χ1) is 5.66. The van der Waals surface area contributed by atoms with Crippen LogP contribution in [0.3, 0.4) is 0 Å². The topological polar surface area (TPSA) is 39.2 Å². The molecule has 0 saturated carbocycles. The molecule has 3 nitrogen and oxygen atoms in total. The third-order valence-electron chi connectivity index (χ3n) is 1.55. The summed E-state index contributed by atoms with van der Waals surface area (Å²) in [5.74, 6) is -0.0298. The summed E-state index contributed by atoms with van der Waals surface area (Å²) in [5.41, 5.74) is 1.42. The zero-order valence-corrected chi connectivity index (χ0v) is 8.14. The Labute approximate surface area is 75.5 Å². The summed E-state index contributed by atoms with van der Waals surface area (Å²) in [7, 11) is 1.38. The lowest BCUT2D eigenvalue weighted by molar-refractivity contribution is 0.0599. The quantitative estimate of drug-likeness (QED) is 0.662. The normalized spacial score (nSPS) is 10.3. The third kappa shape index (κ3) is 1.64. The van der Waals surface area contributed by atoms with Crippen LogP contribution in [0, 0.1) is 0 Å². The Bertz CT molecular complexity index is 280. The summed E-state index contributed by atoms with van der Waals surface area (Å²) in [5, 5.41) is 1.72. The van der Waals surface area contributed by atoms with Crippen LogP contribution in [0.2, 0.25) is 0 Å². The van der Waals surface area contributed by atoms with Gasteiger partial charge in [0.05, 0.1) is 18.4 Å². The van der Waals surface area contributed by atoms with Crippen molar-refractivity contribution in [1.29, 1.82) is 0 Å². The number of hydrogen-bond acceptors (Lipinski definition) is 4. The van der Waals surface area contributed by atoms with Gasteiger partial charge in [-0.2, -0.15) is 4.37 Å². The average Bonchev–Trinajstić information content (AvgIpc) is 2.50. The van der Waals surface area contributed by atoms with E-state index in [1.807, 2.05) is 13.8 Å². The van der Waals surface area contributed by atoms with Gasteiger partial charge < -0.3 is 4.74 Å². The van der Waals surface area contributed by atoms with Crippen molar-refractivity contribution in [2.24, 2.45) is 0 Å². The van der Waals surface area contributed by atoms with Crippen LogP contribution in [0.4, 0.5) is 0 Å². The van der Waals surface area contributed by atoms with Crippen LogP contribution in [-0.2, 0) is 4.74 Å². The summed E-state index contributed by atoms with van der Waals surface area (Å²) in [6.45, 7) is 4.00. The van der Waals surface area contributed by atoms with Crippen LogP contribution in [0.5, 0.6) is 0 Å². The van der Waals surface area contributed by atoms with Crippen LogP contribution in [0.15, 0.2) is 5.38 Å². The molecule has 0 aromatic carbocycles. The molecule has 0 aliphatic carbocycles. The Balaban J connectivity index is 2.99. The molecule has 1 aromatic rings. The van der Waals surface area contributed by atoms with E-state index in [1.54, 1.807) is 5.38 Å². The third-order valence-corrected chi connectivity index (χ3v) is 2.19. The molecule has 0 fully saturated rings. The molecule has 0 bridgehead atoms. The van der Waals surface area contributed by atoms with Gasteiger partial charge in [0.2, 0.25) is 0 Å². The van der Waals surface area contributed by atoms with Crippen molar-refractivity contribution in [1.82, 2.24) is 4.37 Å². The van der Waals surface area contributed by atoms with Crippen molar-refractivity contribution >= 4 is 17.5 Å². The predicted molar refractivity (Wildman–Crippen MR) is 47.5 cm³/mol. The molecule has 0 radical (unpaired) electrons. The van der Waals surface area contributed by atoms with E-state index in [9.17, 15) is 4.79 Å². The van der Waals surface area contributed by atoms with E-state index < -0.39 is 0 Å². The number of esters is 1. The highest BCUT2D eigenvalue weighted by Crippen LogP contribution is 2.20. The Hall–Kier alpha value is -0.900. The SMILES string of the molecule is COC(=O)c1csnc1C(C)C. The molecule has 0 aliphatic rings. The molecule has 1 heterocycles. The maximum absolute atomic E-state index is 11.1. The Morgan fingerprint density at radius 3 is 2.83 bits per heavy atom. The molecule has 4 heteroatoms. The lowest BCUT2D eigenvalue weighted by Crippen LogP contribution is -2.04. The Kier molecular flexibility index (Phi) is 2.81. The Morgan fingerprint density at radius 1 is 1.67 bits per heavy atom. The number of ether oxygens (including phenoxy) is 1. The van der Waals surface area contributed by atoms with Crippen molar-refractivity contribution in [3.05, 3.63) is 16.6 Å². The second-order valence-electron chi connectivity index (χ2n) is 2.76. The van der Waals surface area contributed by atoms with E-state index in [-0.39, 0.29) is 11.9 Å². The van der Waals surface area contributed by atoms with E-state index in [1.165, 1.54) is 18.6 Å². The van der Waals surface area contributed by atoms with Crippen molar-refractivity contribution in [3.8, 4) is 0 Å². The molecule has 0 unspecified atom stereocenters. The van der Waals surface area contributed by atoms with Gasteiger partial charge in [-0.15, -0.1) is 0 Å². The van der Waals surface area contributed by atoms with E-state index in [4.69, 9.17) is 0 Å². The Morgan fingerprint density at radius 2 is 2.33 bits per heavy atom. The molecule has 0 saturated heterocycles.